The molecule has 142 valence electrons. The summed E-state index contributed by atoms with van der Waals surface area (Å²) >= 11 is 0. The first-order valence-corrected chi connectivity index (χ1v) is 9.48. The van der Waals surface area contributed by atoms with Crippen LogP contribution < -0.4 is 9.47 Å². The van der Waals surface area contributed by atoms with Crippen molar-refractivity contribution in [2.45, 2.75) is 32.6 Å². The highest BCUT2D eigenvalue weighted by Crippen LogP contribution is 2.31. The van der Waals surface area contributed by atoms with Gasteiger partial charge < -0.3 is 19.3 Å². The summed E-state index contributed by atoms with van der Waals surface area (Å²) in [5.74, 6) is 2.10. The van der Waals surface area contributed by atoms with Crippen LogP contribution >= 0.6 is 0 Å². The van der Waals surface area contributed by atoms with E-state index in [2.05, 4.69) is 0 Å². The molecule has 1 saturated carbocycles. The Kier molecular flexibility index (Phi) is 6.01. The number of carbonyl (C=O) groups is 2. The van der Waals surface area contributed by atoms with E-state index in [0.717, 1.165) is 24.2 Å². The smallest absolute Gasteiger partial charge is 0.225 e. The number of nitrogens with zero attached hydrogens (tertiary/aromatic N) is 2. The molecule has 1 aromatic rings. The number of ether oxygens (including phenoxy) is 2. The Morgan fingerprint density at radius 3 is 2.38 bits per heavy atom. The highest BCUT2D eigenvalue weighted by Gasteiger charge is 2.35. The molecule has 0 bridgehead atoms. The number of benzene rings is 1. The van der Waals surface area contributed by atoms with Gasteiger partial charge in [0.1, 0.15) is 0 Å². The van der Waals surface area contributed by atoms with Crippen LogP contribution in [-0.2, 0) is 16.0 Å². The van der Waals surface area contributed by atoms with Crippen LogP contribution in [0.4, 0.5) is 0 Å². The molecule has 6 heteroatoms. The van der Waals surface area contributed by atoms with Gasteiger partial charge in [-0.25, -0.2) is 0 Å². The minimum atomic E-state index is 0.149. The molecule has 0 unspecified atom stereocenters. The van der Waals surface area contributed by atoms with E-state index >= 15 is 0 Å². The maximum atomic E-state index is 12.5. The second-order valence-electron chi connectivity index (χ2n) is 6.90. The van der Waals surface area contributed by atoms with E-state index in [4.69, 9.17) is 9.47 Å². The standard InChI is InChI=1S/C20H28N2O4/c1-3-26-17-8-4-15(14-18(17)25-2)5-9-19(23)21-10-12-22(13-11-21)20(24)16-6-7-16/h4,8,14,16H,3,5-7,9-13H2,1-2H3. The Balaban J connectivity index is 1.47. The fraction of sp³-hybridized carbons (Fsp3) is 0.600. The average molecular weight is 360 g/mol. The quantitative estimate of drug-likeness (QED) is 0.747. The van der Waals surface area contributed by atoms with E-state index in [0.29, 0.717) is 51.4 Å². The molecule has 1 aliphatic carbocycles. The van der Waals surface area contributed by atoms with Gasteiger partial charge >= 0.3 is 0 Å². The minimum absolute atomic E-state index is 0.149. The second-order valence-corrected chi connectivity index (χ2v) is 6.90. The van der Waals surface area contributed by atoms with Crippen molar-refractivity contribution in [3.05, 3.63) is 23.8 Å². The molecular weight excluding hydrogens is 332 g/mol. The van der Waals surface area contributed by atoms with Crippen molar-refractivity contribution in [3.63, 3.8) is 0 Å². The van der Waals surface area contributed by atoms with Crippen LogP contribution in [0, 0.1) is 5.92 Å². The lowest BCUT2D eigenvalue weighted by Gasteiger charge is -2.35. The molecule has 1 saturated heterocycles. The van der Waals surface area contributed by atoms with Gasteiger partial charge in [-0.05, 0) is 43.9 Å². The molecule has 0 N–H and O–H groups in total. The maximum Gasteiger partial charge on any atom is 0.225 e. The van der Waals surface area contributed by atoms with Gasteiger partial charge in [0, 0.05) is 38.5 Å². The van der Waals surface area contributed by atoms with E-state index in [9.17, 15) is 9.59 Å². The highest BCUT2D eigenvalue weighted by atomic mass is 16.5. The fourth-order valence-electron chi connectivity index (χ4n) is 3.32. The van der Waals surface area contributed by atoms with Gasteiger partial charge in [0.25, 0.3) is 0 Å². The third-order valence-corrected chi connectivity index (χ3v) is 5.03. The third-order valence-electron chi connectivity index (χ3n) is 5.03. The lowest BCUT2D eigenvalue weighted by Crippen LogP contribution is -2.51. The Morgan fingerprint density at radius 2 is 1.77 bits per heavy atom. The zero-order valence-corrected chi connectivity index (χ0v) is 15.7. The van der Waals surface area contributed by atoms with Crippen molar-refractivity contribution >= 4 is 11.8 Å². The summed E-state index contributed by atoms with van der Waals surface area (Å²) in [6, 6.07) is 5.81. The van der Waals surface area contributed by atoms with E-state index in [1.54, 1.807) is 7.11 Å². The van der Waals surface area contributed by atoms with Crippen molar-refractivity contribution in [3.8, 4) is 11.5 Å². The number of piperazine rings is 1. The number of carbonyl (C=O) groups excluding carboxylic acids is 2. The van der Waals surface area contributed by atoms with Crippen LogP contribution in [0.2, 0.25) is 0 Å². The van der Waals surface area contributed by atoms with Gasteiger partial charge in [0.2, 0.25) is 11.8 Å². The largest absolute Gasteiger partial charge is 0.493 e. The normalized spacial score (nSPS) is 17.2. The van der Waals surface area contributed by atoms with Crippen molar-refractivity contribution in [1.82, 2.24) is 9.80 Å². The molecule has 1 heterocycles. The minimum Gasteiger partial charge on any atom is -0.493 e. The van der Waals surface area contributed by atoms with Crippen molar-refractivity contribution in [1.29, 1.82) is 0 Å². The Bertz CT molecular complexity index is 649. The van der Waals surface area contributed by atoms with Crippen molar-refractivity contribution in [2.75, 3.05) is 39.9 Å². The second kappa shape index (κ2) is 8.43. The van der Waals surface area contributed by atoms with Gasteiger partial charge in [-0.15, -0.1) is 0 Å². The molecule has 0 atom stereocenters. The zero-order valence-electron chi connectivity index (χ0n) is 15.7. The Hall–Kier alpha value is -2.24. The summed E-state index contributed by atoms with van der Waals surface area (Å²) in [5.41, 5.74) is 1.06. The fourth-order valence-corrected chi connectivity index (χ4v) is 3.32. The van der Waals surface area contributed by atoms with Gasteiger partial charge in [-0.3, -0.25) is 9.59 Å². The van der Waals surface area contributed by atoms with Gasteiger partial charge in [0.15, 0.2) is 11.5 Å². The number of aryl methyl sites for hydroxylation is 1. The first-order valence-electron chi connectivity index (χ1n) is 9.48. The summed E-state index contributed by atoms with van der Waals surface area (Å²) in [7, 11) is 1.62. The summed E-state index contributed by atoms with van der Waals surface area (Å²) in [5, 5.41) is 0. The zero-order chi connectivity index (χ0) is 18.5. The van der Waals surface area contributed by atoms with Crippen LogP contribution in [0.5, 0.6) is 11.5 Å². The predicted octanol–water partition coefficient (Wildman–Crippen LogP) is 2.11. The summed E-state index contributed by atoms with van der Waals surface area (Å²) in [6.07, 6.45) is 3.20. The number of hydrogen-bond donors (Lipinski definition) is 0. The molecule has 0 aromatic heterocycles. The first kappa shape index (κ1) is 18.5. The highest BCUT2D eigenvalue weighted by molar-refractivity contribution is 5.82. The van der Waals surface area contributed by atoms with Gasteiger partial charge in [-0.2, -0.15) is 0 Å². The van der Waals surface area contributed by atoms with Crippen molar-refractivity contribution < 1.29 is 19.1 Å². The SMILES string of the molecule is CCOc1ccc(CCC(=O)N2CCN(C(=O)C3CC3)CC2)cc1OC. The molecule has 1 aromatic carbocycles. The molecule has 26 heavy (non-hydrogen) atoms. The molecule has 2 fully saturated rings. The lowest BCUT2D eigenvalue weighted by molar-refractivity contribution is -0.140. The summed E-state index contributed by atoms with van der Waals surface area (Å²) in [6.45, 7) is 5.14. The van der Waals surface area contributed by atoms with Crippen LogP contribution in [-0.4, -0.2) is 61.5 Å². The number of methoxy groups -OCH3 is 1. The summed E-state index contributed by atoms with van der Waals surface area (Å²) < 4.78 is 10.9. The molecule has 2 amide bonds. The van der Waals surface area contributed by atoms with Crippen molar-refractivity contribution in [2.24, 2.45) is 5.92 Å². The molecule has 0 radical (unpaired) electrons. The molecule has 6 nitrogen and oxygen atoms in total. The Labute approximate surface area is 155 Å². The van der Waals surface area contributed by atoms with Gasteiger partial charge in [-0.1, -0.05) is 6.07 Å². The van der Waals surface area contributed by atoms with Crippen LogP contribution in [0.1, 0.15) is 31.7 Å². The molecule has 2 aliphatic rings. The van der Waals surface area contributed by atoms with E-state index in [1.807, 2.05) is 34.9 Å². The molecular formula is C20H28N2O4. The third kappa shape index (κ3) is 4.48. The topological polar surface area (TPSA) is 59.1 Å². The Morgan fingerprint density at radius 1 is 1.08 bits per heavy atom. The summed E-state index contributed by atoms with van der Waals surface area (Å²) in [4.78, 5) is 28.4. The molecule has 0 spiro atoms. The number of hydrogen-bond acceptors (Lipinski definition) is 4. The monoisotopic (exact) mass is 360 g/mol. The maximum absolute atomic E-state index is 12.5. The van der Waals surface area contributed by atoms with E-state index in [-0.39, 0.29) is 17.7 Å². The van der Waals surface area contributed by atoms with E-state index in [1.165, 1.54) is 0 Å². The number of amides is 2. The van der Waals surface area contributed by atoms with Crippen LogP contribution in [0.15, 0.2) is 18.2 Å². The predicted molar refractivity (Wildman–Crippen MR) is 98.4 cm³/mol. The number of rotatable bonds is 7. The van der Waals surface area contributed by atoms with Crippen LogP contribution in [0.25, 0.3) is 0 Å². The lowest BCUT2D eigenvalue weighted by atomic mass is 10.1. The van der Waals surface area contributed by atoms with Crippen LogP contribution in [0.3, 0.4) is 0 Å². The van der Waals surface area contributed by atoms with E-state index < -0.39 is 0 Å². The molecule has 1 aliphatic heterocycles. The molecule has 3 rings (SSSR count). The average Bonchev–Trinajstić information content (AvgIpc) is 3.52. The first-order chi connectivity index (χ1) is 12.6. The van der Waals surface area contributed by atoms with Gasteiger partial charge in [0.05, 0.1) is 13.7 Å².